The third-order valence-electron chi connectivity index (χ3n) is 2.51. The van der Waals surface area contributed by atoms with Crippen molar-refractivity contribution in [2.24, 2.45) is 0 Å². The highest BCUT2D eigenvalue weighted by Crippen LogP contribution is 2.57. The molecule has 9 heteroatoms. The van der Waals surface area contributed by atoms with Gasteiger partial charge < -0.3 is 4.98 Å². The van der Waals surface area contributed by atoms with Crippen LogP contribution in [0.2, 0.25) is 0 Å². The van der Waals surface area contributed by atoms with Crippen molar-refractivity contribution in [3.8, 4) is 0 Å². The molecule has 0 amide bonds. The summed E-state index contributed by atoms with van der Waals surface area (Å²) in [4.78, 5) is 2.73. The number of benzene rings is 1. The van der Waals surface area contributed by atoms with Gasteiger partial charge in [0, 0.05) is 22.0 Å². The highest BCUT2D eigenvalue weighted by Gasteiger charge is 2.69. The van der Waals surface area contributed by atoms with Crippen LogP contribution in [0.4, 0.5) is 22.0 Å². The fourth-order valence-corrected chi connectivity index (χ4v) is 2.89. The molecule has 0 bridgehead atoms. The second-order valence-corrected chi connectivity index (χ2v) is 6.36. The van der Waals surface area contributed by atoms with E-state index in [1.165, 1.54) is 12.3 Å². The Hall–Kier alpha value is -0.660. The van der Waals surface area contributed by atoms with Crippen LogP contribution >= 0.6 is 35.0 Å². The first-order valence-corrected chi connectivity index (χ1v) is 6.71. The third kappa shape index (κ3) is 2.58. The molecule has 2 aromatic rings. The number of H-pyrrole nitrogens is 1. The van der Waals surface area contributed by atoms with Gasteiger partial charge in [-0.05, 0) is 6.07 Å². The smallest absolute Gasteiger partial charge is 0.360 e. The van der Waals surface area contributed by atoms with Crippen molar-refractivity contribution in [1.82, 2.24) is 4.98 Å². The Labute approximate surface area is 124 Å². The summed E-state index contributed by atoms with van der Waals surface area (Å²) in [7, 11) is 0. The molecule has 0 saturated heterocycles. The quantitative estimate of drug-likeness (QED) is 0.434. The molecule has 2 atom stereocenters. The minimum absolute atomic E-state index is 0.0185. The number of rotatable bonds is 3. The van der Waals surface area contributed by atoms with Gasteiger partial charge >= 0.3 is 11.3 Å². The molecule has 0 fully saturated rings. The summed E-state index contributed by atoms with van der Waals surface area (Å²) in [6.45, 7) is 0. The van der Waals surface area contributed by atoms with Crippen molar-refractivity contribution < 1.29 is 22.0 Å². The van der Waals surface area contributed by atoms with Crippen LogP contribution < -0.4 is 0 Å². The van der Waals surface area contributed by atoms with Crippen LogP contribution in [0.15, 0.2) is 35.4 Å². The standard InChI is InChI=1S/C11H6Cl2F5NS/c12-9(14,11(16,17)18)10(13,15)20-8-5-19-7-4-2-1-3-6(7)8/h1-5,19H/t9-,10-/m0/s1. The van der Waals surface area contributed by atoms with Gasteiger partial charge in [0.15, 0.2) is 0 Å². The number of hydrogen-bond donors (Lipinski definition) is 1. The third-order valence-corrected chi connectivity index (χ3v) is 4.78. The fourth-order valence-electron chi connectivity index (χ4n) is 1.50. The largest absolute Gasteiger partial charge is 0.442 e. The first-order chi connectivity index (χ1) is 9.06. The Morgan fingerprint density at radius 3 is 2.20 bits per heavy atom. The van der Waals surface area contributed by atoms with Crippen LogP contribution in [0.5, 0.6) is 0 Å². The van der Waals surface area contributed by atoms with E-state index < -0.39 is 15.8 Å². The Balaban J connectivity index is 2.38. The maximum atomic E-state index is 13.9. The molecule has 1 aromatic heterocycles. The fraction of sp³-hybridized carbons (Fsp3) is 0.273. The van der Waals surface area contributed by atoms with Gasteiger partial charge in [-0.1, -0.05) is 53.2 Å². The van der Waals surface area contributed by atoms with Crippen molar-refractivity contribution >= 4 is 45.9 Å². The number of para-hydroxylation sites is 1. The van der Waals surface area contributed by atoms with E-state index in [1.54, 1.807) is 18.2 Å². The summed E-state index contributed by atoms with van der Waals surface area (Å²) in [5, 5.41) is -4.31. The first kappa shape index (κ1) is 15.7. The highest BCUT2D eigenvalue weighted by molar-refractivity contribution is 8.02. The van der Waals surface area contributed by atoms with Crippen LogP contribution in [-0.4, -0.2) is 20.7 Å². The van der Waals surface area contributed by atoms with E-state index in [4.69, 9.17) is 11.6 Å². The summed E-state index contributed by atoms with van der Waals surface area (Å²) in [5.74, 6) is 0. The lowest BCUT2D eigenvalue weighted by Gasteiger charge is -2.30. The molecule has 1 aromatic carbocycles. The zero-order chi connectivity index (χ0) is 15.2. The van der Waals surface area contributed by atoms with E-state index in [0.717, 1.165) is 0 Å². The van der Waals surface area contributed by atoms with Crippen molar-refractivity contribution in [2.75, 3.05) is 0 Å². The summed E-state index contributed by atoms with van der Waals surface area (Å²) in [6.07, 6.45) is -4.42. The molecule has 1 nitrogen and oxygen atoms in total. The maximum Gasteiger partial charge on any atom is 0.442 e. The number of aromatic amines is 1. The van der Waals surface area contributed by atoms with Gasteiger partial charge in [-0.3, -0.25) is 0 Å². The topological polar surface area (TPSA) is 15.8 Å². The molecule has 110 valence electrons. The van der Waals surface area contributed by atoms with Crippen LogP contribution in [0.3, 0.4) is 0 Å². The number of aromatic nitrogens is 1. The minimum atomic E-state index is -5.65. The second kappa shape index (κ2) is 4.96. The predicted octanol–water partition coefficient (Wildman–Crippen LogP) is 5.59. The monoisotopic (exact) mass is 349 g/mol. The highest BCUT2D eigenvalue weighted by atomic mass is 35.5. The van der Waals surface area contributed by atoms with E-state index in [2.05, 4.69) is 16.6 Å². The van der Waals surface area contributed by atoms with Crippen molar-refractivity contribution in [2.45, 2.75) is 20.7 Å². The molecule has 0 aliphatic carbocycles. The number of nitrogens with one attached hydrogen (secondary N) is 1. The predicted molar refractivity (Wildman–Crippen MR) is 69.6 cm³/mol. The molecule has 0 spiro atoms. The minimum Gasteiger partial charge on any atom is -0.360 e. The lowest BCUT2D eigenvalue weighted by atomic mass is 10.2. The van der Waals surface area contributed by atoms with Gasteiger partial charge in [-0.15, -0.1) is 0 Å². The summed E-state index contributed by atoms with van der Waals surface area (Å²) >= 11 is 9.56. The van der Waals surface area contributed by atoms with Crippen molar-refractivity contribution in [3.05, 3.63) is 30.5 Å². The van der Waals surface area contributed by atoms with Crippen LogP contribution in [-0.2, 0) is 0 Å². The van der Waals surface area contributed by atoms with Gasteiger partial charge in [-0.25, -0.2) is 8.78 Å². The van der Waals surface area contributed by atoms with Crippen LogP contribution in [0, 0.1) is 0 Å². The van der Waals surface area contributed by atoms with E-state index >= 15 is 0 Å². The van der Waals surface area contributed by atoms with Gasteiger partial charge in [0.2, 0.25) is 0 Å². The number of alkyl halides is 7. The van der Waals surface area contributed by atoms with E-state index in [1.807, 2.05) is 0 Å². The summed E-state index contributed by atoms with van der Waals surface area (Å²) in [6, 6.07) is 6.43. The molecule has 0 radical (unpaired) electrons. The van der Waals surface area contributed by atoms with Gasteiger partial charge in [0.1, 0.15) is 0 Å². The normalized spacial score (nSPS) is 18.8. The average Bonchev–Trinajstić information content (AvgIpc) is 2.71. The maximum absolute atomic E-state index is 13.9. The van der Waals surface area contributed by atoms with E-state index in [0.29, 0.717) is 10.9 Å². The number of halogens is 7. The molecular formula is C11H6Cl2F5NS. The molecule has 2 rings (SSSR count). The summed E-state index contributed by atoms with van der Waals surface area (Å²) < 4.78 is 60.8. The number of hydrogen-bond acceptors (Lipinski definition) is 1. The molecule has 0 saturated carbocycles. The van der Waals surface area contributed by atoms with Crippen molar-refractivity contribution in [3.63, 3.8) is 0 Å². The lowest BCUT2D eigenvalue weighted by Crippen LogP contribution is -2.48. The number of thioether (sulfide) groups is 1. The van der Waals surface area contributed by atoms with Crippen molar-refractivity contribution in [1.29, 1.82) is 0 Å². The summed E-state index contributed by atoms with van der Waals surface area (Å²) in [5.41, 5.74) is 0.550. The lowest BCUT2D eigenvalue weighted by molar-refractivity contribution is -0.211. The number of fused-ring (bicyclic) bond motifs is 1. The molecule has 0 unspecified atom stereocenters. The zero-order valence-corrected chi connectivity index (χ0v) is 11.8. The van der Waals surface area contributed by atoms with Crippen LogP contribution in [0.1, 0.15) is 0 Å². The molecule has 0 aliphatic heterocycles. The second-order valence-electron chi connectivity index (χ2n) is 3.89. The Bertz CT molecular complexity index is 623. The van der Waals surface area contributed by atoms with Crippen LogP contribution in [0.25, 0.3) is 10.9 Å². The molecule has 1 heterocycles. The van der Waals surface area contributed by atoms with Gasteiger partial charge in [0.25, 0.3) is 4.46 Å². The SMILES string of the molecule is FC(F)(F)[C@](F)(Cl)[C@@](F)(Cl)Sc1c[nH]c2ccccc12. The molecule has 0 aliphatic rings. The Kier molecular flexibility index (Phi) is 3.90. The zero-order valence-electron chi connectivity index (χ0n) is 9.44. The van der Waals surface area contributed by atoms with E-state index in [9.17, 15) is 22.0 Å². The Morgan fingerprint density at radius 2 is 1.60 bits per heavy atom. The Morgan fingerprint density at radius 1 is 1.00 bits per heavy atom. The van der Waals surface area contributed by atoms with Gasteiger partial charge in [-0.2, -0.15) is 13.2 Å². The first-order valence-electron chi connectivity index (χ1n) is 5.14. The van der Waals surface area contributed by atoms with E-state index in [-0.39, 0.29) is 16.7 Å². The van der Waals surface area contributed by atoms with Gasteiger partial charge in [0.05, 0.1) is 0 Å². The average molecular weight is 350 g/mol. The molecule has 20 heavy (non-hydrogen) atoms. The molecule has 1 N–H and O–H groups in total. The molecular weight excluding hydrogens is 344 g/mol.